The molecule has 0 atom stereocenters. The summed E-state index contributed by atoms with van der Waals surface area (Å²) in [4.78, 5) is 12.4. The molecular formula is C17H26N2O4S. The predicted octanol–water partition coefficient (Wildman–Crippen LogP) is 2.45. The van der Waals surface area contributed by atoms with E-state index in [1.165, 1.54) is 25.7 Å². The van der Waals surface area contributed by atoms with Gasteiger partial charge >= 0.3 is 0 Å². The van der Waals surface area contributed by atoms with Crippen LogP contribution in [0.1, 0.15) is 55.8 Å². The van der Waals surface area contributed by atoms with Gasteiger partial charge in [-0.15, -0.1) is 0 Å². The number of ether oxygens (including phenoxy) is 1. The van der Waals surface area contributed by atoms with Gasteiger partial charge in [-0.05, 0) is 37.5 Å². The number of methoxy groups -OCH3 is 1. The summed E-state index contributed by atoms with van der Waals surface area (Å²) < 4.78 is 32.5. The number of sulfonamides is 1. The van der Waals surface area contributed by atoms with Crippen LogP contribution in [0.3, 0.4) is 0 Å². The smallest absolute Gasteiger partial charge is 0.251 e. The molecule has 7 heteroatoms. The van der Waals surface area contributed by atoms with E-state index in [0.29, 0.717) is 18.5 Å². The first kappa shape index (κ1) is 18.7. The molecule has 0 heterocycles. The van der Waals surface area contributed by atoms with Crippen molar-refractivity contribution in [1.82, 2.24) is 10.0 Å². The monoisotopic (exact) mass is 354 g/mol. The molecule has 0 spiro atoms. The van der Waals surface area contributed by atoms with Crippen LogP contribution in [-0.4, -0.2) is 34.0 Å². The second-order valence-corrected chi connectivity index (χ2v) is 7.81. The molecular weight excluding hydrogens is 328 g/mol. The molecule has 0 aromatic heterocycles. The van der Waals surface area contributed by atoms with Gasteiger partial charge in [0.2, 0.25) is 10.0 Å². The van der Waals surface area contributed by atoms with Crippen LogP contribution in [0, 0.1) is 0 Å². The summed E-state index contributed by atoms with van der Waals surface area (Å²) in [7, 11) is -2.30. The molecule has 0 aliphatic heterocycles. The first-order chi connectivity index (χ1) is 11.5. The summed E-state index contributed by atoms with van der Waals surface area (Å²) in [6.45, 7) is 2.22. The van der Waals surface area contributed by atoms with Gasteiger partial charge in [-0.25, -0.2) is 13.1 Å². The number of carbonyl (C=O) groups excluding carboxylic acids is 1. The lowest BCUT2D eigenvalue weighted by molar-refractivity contribution is 0.0927. The summed E-state index contributed by atoms with van der Waals surface area (Å²) in [6, 6.07) is 4.67. The fourth-order valence-corrected chi connectivity index (χ4v) is 4.18. The molecule has 1 fully saturated rings. The molecule has 1 aromatic carbocycles. The third-order valence-corrected chi connectivity index (χ3v) is 5.68. The fourth-order valence-electron chi connectivity index (χ4n) is 2.86. The molecule has 1 aromatic rings. The summed E-state index contributed by atoms with van der Waals surface area (Å²) in [6.07, 6.45) is 6.09. The Hall–Kier alpha value is -1.60. The number of carbonyl (C=O) groups is 1. The van der Waals surface area contributed by atoms with E-state index in [4.69, 9.17) is 4.74 Å². The number of hydrogen-bond donors (Lipinski definition) is 2. The standard InChI is InChI=1S/C17H26N2O4S/c1-3-11-18-24(21,22)16-12-13(9-10-15(16)23-2)17(20)19-14-7-5-4-6-8-14/h9-10,12,14,18H,3-8,11H2,1-2H3,(H,19,20). The van der Waals surface area contributed by atoms with E-state index in [0.717, 1.165) is 25.7 Å². The number of rotatable bonds is 7. The van der Waals surface area contributed by atoms with Crippen LogP contribution in [0.15, 0.2) is 23.1 Å². The molecule has 24 heavy (non-hydrogen) atoms. The minimum Gasteiger partial charge on any atom is -0.495 e. The van der Waals surface area contributed by atoms with Crippen molar-refractivity contribution in [2.45, 2.75) is 56.4 Å². The van der Waals surface area contributed by atoms with Crippen LogP contribution in [0.25, 0.3) is 0 Å². The highest BCUT2D eigenvalue weighted by atomic mass is 32.2. The summed E-state index contributed by atoms with van der Waals surface area (Å²) in [5, 5.41) is 3.00. The molecule has 1 saturated carbocycles. The molecule has 1 aliphatic carbocycles. The van der Waals surface area contributed by atoms with E-state index in [2.05, 4.69) is 10.0 Å². The Bertz CT molecular complexity index is 667. The molecule has 0 bridgehead atoms. The van der Waals surface area contributed by atoms with Gasteiger partial charge in [-0.3, -0.25) is 4.79 Å². The Kier molecular flexibility index (Phi) is 6.62. The van der Waals surface area contributed by atoms with Gasteiger partial charge in [0.05, 0.1) is 7.11 Å². The van der Waals surface area contributed by atoms with Crippen molar-refractivity contribution in [3.63, 3.8) is 0 Å². The number of hydrogen-bond acceptors (Lipinski definition) is 4. The Labute approximate surface area is 144 Å². The minimum absolute atomic E-state index is 0.00487. The quantitative estimate of drug-likeness (QED) is 0.788. The number of nitrogens with one attached hydrogen (secondary N) is 2. The average Bonchev–Trinajstić information content (AvgIpc) is 2.60. The zero-order chi connectivity index (χ0) is 17.6. The van der Waals surface area contributed by atoms with Gasteiger partial charge in [0, 0.05) is 18.2 Å². The lowest BCUT2D eigenvalue weighted by Crippen LogP contribution is -2.36. The van der Waals surface area contributed by atoms with Crippen molar-refractivity contribution in [3.8, 4) is 5.75 Å². The summed E-state index contributed by atoms with van der Waals surface area (Å²) in [5.41, 5.74) is 0.332. The largest absolute Gasteiger partial charge is 0.495 e. The lowest BCUT2D eigenvalue weighted by atomic mass is 9.95. The third kappa shape index (κ3) is 4.70. The number of benzene rings is 1. The van der Waals surface area contributed by atoms with Gasteiger partial charge in [0.1, 0.15) is 10.6 Å². The van der Waals surface area contributed by atoms with Crippen LogP contribution in [-0.2, 0) is 10.0 Å². The minimum atomic E-state index is -3.71. The highest BCUT2D eigenvalue weighted by Crippen LogP contribution is 2.25. The Morgan fingerprint density at radius 1 is 1.25 bits per heavy atom. The summed E-state index contributed by atoms with van der Waals surface area (Å²) >= 11 is 0. The van der Waals surface area contributed by atoms with Crippen LogP contribution in [0.2, 0.25) is 0 Å². The predicted molar refractivity (Wildman–Crippen MR) is 92.8 cm³/mol. The molecule has 1 amide bonds. The van der Waals surface area contributed by atoms with Crippen LogP contribution in [0.4, 0.5) is 0 Å². The zero-order valence-corrected chi connectivity index (χ0v) is 15.1. The molecule has 2 N–H and O–H groups in total. The van der Waals surface area contributed by atoms with E-state index in [1.54, 1.807) is 6.07 Å². The van der Waals surface area contributed by atoms with Crippen LogP contribution < -0.4 is 14.8 Å². The molecule has 1 aliphatic rings. The Balaban J connectivity index is 2.22. The third-order valence-electron chi connectivity index (χ3n) is 4.20. The van der Waals surface area contributed by atoms with Crippen molar-refractivity contribution in [3.05, 3.63) is 23.8 Å². The van der Waals surface area contributed by atoms with Crippen LogP contribution >= 0.6 is 0 Å². The SMILES string of the molecule is CCCNS(=O)(=O)c1cc(C(=O)NC2CCCCC2)ccc1OC. The molecule has 0 radical (unpaired) electrons. The van der Waals surface area contributed by atoms with Crippen molar-refractivity contribution in [1.29, 1.82) is 0 Å². The second kappa shape index (κ2) is 8.48. The van der Waals surface area contributed by atoms with Crippen molar-refractivity contribution in [2.24, 2.45) is 0 Å². The first-order valence-corrected chi connectivity index (χ1v) is 9.95. The van der Waals surface area contributed by atoms with Gasteiger partial charge in [-0.2, -0.15) is 0 Å². The molecule has 0 saturated heterocycles. The van der Waals surface area contributed by atoms with Crippen LogP contribution in [0.5, 0.6) is 5.75 Å². The maximum absolute atomic E-state index is 12.4. The fraction of sp³-hybridized carbons (Fsp3) is 0.588. The van der Waals surface area contributed by atoms with Crippen molar-refractivity contribution >= 4 is 15.9 Å². The highest BCUT2D eigenvalue weighted by molar-refractivity contribution is 7.89. The van der Waals surface area contributed by atoms with Crippen molar-refractivity contribution in [2.75, 3.05) is 13.7 Å². The van der Waals surface area contributed by atoms with E-state index < -0.39 is 10.0 Å². The van der Waals surface area contributed by atoms with Crippen molar-refractivity contribution < 1.29 is 17.9 Å². The highest BCUT2D eigenvalue weighted by Gasteiger charge is 2.22. The van der Waals surface area contributed by atoms with Gasteiger partial charge in [-0.1, -0.05) is 26.2 Å². The Morgan fingerprint density at radius 2 is 1.96 bits per heavy atom. The topological polar surface area (TPSA) is 84.5 Å². The van der Waals surface area contributed by atoms with E-state index in [-0.39, 0.29) is 22.6 Å². The lowest BCUT2D eigenvalue weighted by Gasteiger charge is -2.23. The molecule has 6 nitrogen and oxygen atoms in total. The summed E-state index contributed by atoms with van der Waals surface area (Å²) in [5.74, 6) is -0.00989. The first-order valence-electron chi connectivity index (χ1n) is 8.46. The normalized spacial score (nSPS) is 15.9. The van der Waals surface area contributed by atoms with Gasteiger partial charge < -0.3 is 10.1 Å². The van der Waals surface area contributed by atoms with Gasteiger partial charge in [0.15, 0.2) is 0 Å². The average molecular weight is 354 g/mol. The zero-order valence-electron chi connectivity index (χ0n) is 14.3. The molecule has 2 rings (SSSR count). The Morgan fingerprint density at radius 3 is 2.58 bits per heavy atom. The maximum Gasteiger partial charge on any atom is 0.251 e. The maximum atomic E-state index is 12.4. The molecule has 0 unspecified atom stereocenters. The van der Waals surface area contributed by atoms with E-state index in [9.17, 15) is 13.2 Å². The number of amides is 1. The second-order valence-electron chi connectivity index (χ2n) is 6.07. The van der Waals surface area contributed by atoms with E-state index in [1.807, 2.05) is 6.92 Å². The molecule has 134 valence electrons. The van der Waals surface area contributed by atoms with Gasteiger partial charge in [0.25, 0.3) is 5.91 Å². The van der Waals surface area contributed by atoms with E-state index >= 15 is 0 Å².